The van der Waals surface area contributed by atoms with Crippen LogP contribution >= 0.6 is 0 Å². The average molecular weight is 370 g/mol. The molecule has 0 radical (unpaired) electrons. The summed E-state index contributed by atoms with van der Waals surface area (Å²) in [5.74, 6) is 0. The van der Waals surface area contributed by atoms with Gasteiger partial charge in [0, 0.05) is 11.6 Å². The minimum atomic E-state index is -0.671. The summed E-state index contributed by atoms with van der Waals surface area (Å²) < 4.78 is 0. The highest BCUT2D eigenvalue weighted by Gasteiger charge is 2.19. The Kier molecular flexibility index (Phi) is 6.59. The molecule has 8 heteroatoms. The van der Waals surface area contributed by atoms with Gasteiger partial charge in [-0.25, -0.2) is 0 Å². The van der Waals surface area contributed by atoms with Crippen molar-refractivity contribution in [2.75, 3.05) is 5.43 Å². The normalized spacial score (nSPS) is 10.9. The molecule has 0 amide bonds. The summed E-state index contributed by atoms with van der Waals surface area (Å²) >= 11 is 0. The van der Waals surface area contributed by atoms with Crippen LogP contribution in [0.1, 0.15) is 43.0 Å². The van der Waals surface area contributed by atoms with Gasteiger partial charge in [-0.2, -0.15) is 5.10 Å². The number of nitro benzene ring substituents is 2. The van der Waals surface area contributed by atoms with Gasteiger partial charge in [-0.05, 0) is 42.0 Å². The smallest absolute Gasteiger partial charge is 0.272 e. The first-order valence-electron chi connectivity index (χ1n) is 8.77. The van der Waals surface area contributed by atoms with E-state index in [0.717, 1.165) is 42.0 Å². The van der Waals surface area contributed by atoms with E-state index < -0.39 is 15.5 Å². The second kappa shape index (κ2) is 8.88. The second-order valence-electron chi connectivity index (χ2n) is 5.97. The maximum absolute atomic E-state index is 11.2. The van der Waals surface area contributed by atoms with E-state index in [1.807, 2.05) is 0 Å². The first-order chi connectivity index (χ1) is 12.9. The van der Waals surface area contributed by atoms with Crippen molar-refractivity contribution < 1.29 is 9.85 Å². The predicted octanol–water partition coefficient (Wildman–Crippen LogP) is 4.64. The highest BCUT2D eigenvalue weighted by Crippen LogP contribution is 2.29. The monoisotopic (exact) mass is 370 g/mol. The Balaban J connectivity index is 2.35. The van der Waals surface area contributed by atoms with Crippen molar-refractivity contribution in [1.29, 1.82) is 0 Å². The second-order valence-corrected chi connectivity index (χ2v) is 5.97. The summed E-state index contributed by atoms with van der Waals surface area (Å²) in [6.07, 6.45) is 4.30. The van der Waals surface area contributed by atoms with Crippen molar-refractivity contribution in [2.45, 2.75) is 40.0 Å². The predicted molar refractivity (Wildman–Crippen MR) is 106 cm³/mol. The van der Waals surface area contributed by atoms with Gasteiger partial charge < -0.3 is 0 Å². The van der Waals surface area contributed by atoms with E-state index in [1.54, 1.807) is 6.21 Å². The summed E-state index contributed by atoms with van der Waals surface area (Å²) in [5.41, 5.74) is 6.59. The Morgan fingerprint density at radius 2 is 1.59 bits per heavy atom. The molecule has 0 heterocycles. The van der Waals surface area contributed by atoms with Gasteiger partial charge in [0.2, 0.25) is 0 Å². The molecule has 0 unspecified atom stereocenters. The molecule has 8 nitrogen and oxygen atoms in total. The van der Waals surface area contributed by atoms with Crippen LogP contribution in [-0.4, -0.2) is 16.1 Å². The molecule has 27 heavy (non-hydrogen) atoms. The number of benzene rings is 2. The van der Waals surface area contributed by atoms with Crippen LogP contribution in [0.25, 0.3) is 0 Å². The number of hydrogen-bond acceptors (Lipinski definition) is 6. The van der Waals surface area contributed by atoms with Crippen LogP contribution < -0.4 is 5.43 Å². The molecule has 0 bridgehead atoms. The topological polar surface area (TPSA) is 111 Å². The van der Waals surface area contributed by atoms with E-state index in [9.17, 15) is 20.2 Å². The summed E-state index contributed by atoms with van der Waals surface area (Å²) in [6.45, 7) is 6.25. The number of rotatable bonds is 8. The lowest BCUT2D eigenvalue weighted by molar-refractivity contribution is -0.393. The molecular weight excluding hydrogens is 348 g/mol. The fourth-order valence-electron chi connectivity index (χ4n) is 2.85. The lowest BCUT2D eigenvalue weighted by Gasteiger charge is -2.12. The summed E-state index contributed by atoms with van der Waals surface area (Å²) in [6, 6.07) is 7.71. The SMILES string of the molecule is CCc1cc(CC)c(/C=N\Nc2ccc([N+](=O)[O-])cc2[N+](=O)[O-])c(CC)c1. The van der Waals surface area contributed by atoms with Gasteiger partial charge >= 0.3 is 5.69 Å². The van der Waals surface area contributed by atoms with Crippen LogP contribution in [0.2, 0.25) is 0 Å². The first-order valence-corrected chi connectivity index (χ1v) is 8.77. The Labute approximate surface area is 157 Å². The molecule has 0 saturated carbocycles. The molecule has 2 aromatic carbocycles. The highest BCUT2D eigenvalue weighted by molar-refractivity contribution is 5.85. The Morgan fingerprint density at radius 1 is 0.963 bits per heavy atom. The number of aryl methyl sites for hydroxylation is 3. The molecular formula is C19H22N4O4. The number of nitro groups is 2. The third-order valence-corrected chi connectivity index (χ3v) is 4.35. The number of nitrogens with one attached hydrogen (secondary N) is 1. The number of hydrogen-bond donors (Lipinski definition) is 1. The molecule has 0 atom stereocenters. The first kappa shape index (κ1) is 20.0. The lowest BCUT2D eigenvalue weighted by atomic mass is 9.94. The van der Waals surface area contributed by atoms with Gasteiger partial charge in [0.05, 0.1) is 22.1 Å². The molecule has 0 aromatic heterocycles. The van der Waals surface area contributed by atoms with Crippen molar-refractivity contribution >= 4 is 23.3 Å². The number of nitrogens with zero attached hydrogens (tertiary/aromatic N) is 3. The summed E-state index contributed by atoms with van der Waals surface area (Å²) in [5, 5.41) is 26.2. The maximum Gasteiger partial charge on any atom is 0.301 e. The number of hydrazone groups is 1. The molecule has 2 aromatic rings. The molecule has 142 valence electrons. The Morgan fingerprint density at radius 3 is 2.07 bits per heavy atom. The molecule has 2 rings (SSSR count). The van der Waals surface area contributed by atoms with Crippen molar-refractivity contribution in [3.05, 3.63) is 72.8 Å². The molecule has 0 spiro atoms. The quantitative estimate of drug-likeness (QED) is 0.413. The maximum atomic E-state index is 11.2. The largest absolute Gasteiger partial charge is 0.301 e. The van der Waals surface area contributed by atoms with E-state index in [4.69, 9.17) is 0 Å². The van der Waals surface area contributed by atoms with Crippen molar-refractivity contribution in [1.82, 2.24) is 0 Å². The summed E-state index contributed by atoms with van der Waals surface area (Å²) in [4.78, 5) is 20.7. The fourth-order valence-corrected chi connectivity index (χ4v) is 2.85. The molecule has 0 aliphatic rings. The number of non-ortho nitro benzene ring substituents is 1. The van der Waals surface area contributed by atoms with Crippen LogP contribution in [0, 0.1) is 20.2 Å². The van der Waals surface area contributed by atoms with Crippen molar-refractivity contribution in [3.8, 4) is 0 Å². The van der Waals surface area contributed by atoms with Crippen LogP contribution in [0.4, 0.5) is 17.1 Å². The molecule has 0 aliphatic heterocycles. The number of anilines is 1. The standard InChI is InChI=1S/C19H22N4O4/c1-4-13-9-14(5-2)17(15(6-3)10-13)12-20-21-18-8-7-16(22(24)25)11-19(18)23(26)27/h7-12,21H,4-6H2,1-3H3/b20-12-. The van der Waals surface area contributed by atoms with Crippen LogP contribution in [0.15, 0.2) is 35.4 Å². The van der Waals surface area contributed by atoms with Gasteiger partial charge in [-0.3, -0.25) is 25.7 Å². The zero-order valence-electron chi connectivity index (χ0n) is 15.6. The molecule has 0 saturated heterocycles. The fraction of sp³-hybridized carbons (Fsp3) is 0.316. The van der Waals surface area contributed by atoms with E-state index in [-0.39, 0.29) is 11.4 Å². The zero-order valence-corrected chi connectivity index (χ0v) is 15.6. The van der Waals surface area contributed by atoms with E-state index in [2.05, 4.69) is 43.4 Å². The van der Waals surface area contributed by atoms with Gasteiger partial charge in [0.25, 0.3) is 5.69 Å². The minimum absolute atomic E-state index is 0.100. The van der Waals surface area contributed by atoms with Gasteiger partial charge in [0.1, 0.15) is 5.69 Å². The highest BCUT2D eigenvalue weighted by atomic mass is 16.6. The van der Waals surface area contributed by atoms with Crippen LogP contribution in [0.5, 0.6) is 0 Å². The van der Waals surface area contributed by atoms with Crippen LogP contribution in [-0.2, 0) is 19.3 Å². The molecule has 0 aliphatic carbocycles. The van der Waals surface area contributed by atoms with Crippen molar-refractivity contribution in [2.24, 2.45) is 5.10 Å². The van der Waals surface area contributed by atoms with Crippen LogP contribution in [0.3, 0.4) is 0 Å². The minimum Gasteiger partial charge on any atom is -0.272 e. The van der Waals surface area contributed by atoms with Crippen molar-refractivity contribution in [3.63, 3.8) is 0 Å². The summed E-state index contributed by atoms with van der Waals surface area (Å²) in [7, 11) is 0. The Bertz CT molecular complexity index is 868. The zero-order chi connectivity index (χ0) is 20.0. The average Bonchev–Trinajstić information content (AvgIpc) is 2.67. The van der Waals surface area contributed by atoms with E-state index in [1.165, 1.54) is 17.7 Å². The third kappa shape index (κ3) is 4.66. The molecule has 0 fully saturated rings. The van der Waals surface area contributed by atoms with E-state index >= 15 is 0 Å². The van der Waals surface area contributed by atoms with Gasteiger partial charge in [-0.15, -0.1) is 0 Å². The van der Waals surface area contributed by atoms with Gasteiger partial charge in [0.15, 0.2) is 0 Å². The van der Waals surface area contributed by atoms with Gasteiger partial charge in [-0.1, -0.05) is 32.9 Å². The Hall–Kier alpha value is -3.29. The third-order valence-electron chi connectivity index (χ3n) is 4.35. The van der Waals surface area contributed by atoms with E-state index in [0.29, 0.717) is 0 Å². The molecule has 1 N–H and O–H groups in total. The lowest BCUT2D eigenvalue weighted by Crippen LogP contribution is -2.03.